The van der Waals surface area contributed by atoms with Gasteiger partial charge in [-0.25, -0.2) is 0 Å². The largest absolute Gasteiger partial charge is 0.493 e. The maximum Gasteiger partial charge on any atom is 0.192 e. The fourth-order valence-corrected chi connectivity index (χ4v) is 4.43. The number of rotatable bonds is 8. The van der Waals surface area contributed by atoms with E-state index in [0.29, 0.717) is 29.7 Å². The molecule has 6 nitrogen and oxygen atoms in total. The summed E-state index contributed by atoms with van der Waals surface area (Å²) >= 11 is 1.49. The van der Waals surface area contributed by atoms with E-state index in [9.17, 15) is 4.79 Å². The Balaban J connectivity index is 1.98. The van der Waals surface area contributed by atoms with Gasteiger partial charge in [0.15, 0.2) is 22.5 Å². The number of carbonyl (C=O) groups is 1. The summed E-state index contributed by atoms with van der Waals surface area (Å²) in [7, 11) is 3.26. The minimum absolute atomic E-state index is 0.228. The predicted octanol–water partition coefficient (Wildman–Crippen LogP) is 4.54. The molecule has 1 aromatic carbocycles. The molecule has 0 spiro atoms. The molecule has 0 amide bonds. The van der Waals surface area contributed by atoms with Crippen LogP contribution < -0.4 is 9.47 Å². The lowest BCUT2D eigenvalue weighted by molar-refractivity contribution is -0.116. The van der Waals surface area contributed by atoms with Crippen molar-refractivity contribution in [3.8, 4) is 22.9 Å². The number of carbonyl (C=O) groups excluding carboxylic acids is 1. The molecule has 1 fully saturated rings. The summed E-state index contributed by atoms with van der Waals surface area (Å²) in [6, 6.07) is 6.18. The lowest BCUT2D eigenvalue weighted by Gasteiger charge is -2.25. The summed E-state index contributed by atoms with van der Waals surface area (Å²) in [5.74, 6) is 2.85. The van der Waals surface area contributed by atoms with Crippen LogP contribution >= 0.6 is 11.8 Å². The van der Waals surface area contributed by atoms with Crippen LogP contribution in [0.5, 0.6) is 11.5 Å². The zero-order chi connectivity index (χ0) is 19.2. The van der Waals surface area contributed by atoms with Gasteiger partial charge in [-0.1, -0.05) is 37.9 Å². The van der Waals surface area contributed by atoms with Crippen LogP contribution in [0.25, 0.3) is 11.4 Å². The van der Waals surface area contributed by atoms with Crippen LogP contribution in [0.1, 0.15) is 51.5 Å². The zero-order valence-corrected chi connectivity index (χ0v) is 17.1. The second-order valence-electron chi connectivity index (χ2n) is 6.72. The van der Waals surface area contributed by atoms with E-state index < -0.39 is 0 Å². The molecule has 1 heterocycles. The predicted molar refractivity (Wildman–Crippen MR) is 107 cm³/mol. The Morgan fingerprint density at radius 2 is 1.89 bits per heavy atom. The van der Waals surface area contributed by atoms with Crippen LogP contribution in [0.2, 0.25) is 0 Å². The van der Waals surface area contributed by atoms with Crippen LogP contribution in [0.4, 0.5) is 0 Å². The molecule has 0 unspecified atom stereocenters. The summed E-state index contributed by atoms with van der Waals surface area (Å²) in [5.41, 5.74) is 0.944. The molecule has 0 radical (unpaired) electrons. The maximum absolute atomic E-state index is 11.8. The van der Waals surface area contributed by atoms with E-state index in [1.54, 1.807) is 14.2 Å². The van der Waals surface area contributed by atoms with Gasteiger partial charge < -0.3 is 9.47 Å². The van der Waals surface area contributed by atoms with Crippen molar-refractivity contribution in [2.24, 2.45) is 0 Å². The van der Waals surface area contributed by atoms with Gasteiger partial charge in [0.05, 0.1) is 20.0 Å². The zero-order valence-electron chi connectivity index (χ0n) is 16.2. The lowest BCUT2D eigenvalue weighted by atomic mass is 9.95. The number of nitrogens with zero attached hydrogens (tertiary/aromatic N) is 3. The van der Waals surface area contributed by atoms with Crippen molar-refractivity contribution in [2.45, 2.75) is 56.6 Å². The molecule has 1 aliphatic carbocycles. The van der Waals surface area contributed by atoms with Crippen LogP contribution in [-0.2, 0) is 4.79 Å². The fourth-order valence-electron chi connectivity index (χ4n) is 3.46. The van der Waals surface area contributed by atoms with Crippen LogP contribution in [0, 0.1) is 0 Å². The molecule has 0 atom stereocenters. The van der Waals surface area contributed by atoms with Gasteiger partial charge in [-0.15, -0.1) is 10.2 Å². The minimum atomic E-state index is 0.228. The van der Waals surface area contributed by atoms with Gasteiger partial charge in [-0.3, -0.25) is 9.36 Å². The number of Topliss-reactive ketones (excluding diaryl/α,β-unsaturated/α-hetero) is 1. The highest BCUT2D eigenvalue weighted by molar-refractivity contribution is 7.99. The van der Waals surface area contributed by atoms with Crippen LogP contribution in [-0.4, -0.2) is 40.5 Å². The molecule has 0 bridgehead atoms. The second-order valence-corrected chi connectivity index (χ2v) is 7.66. The molecule has 7 heteroatoms. The van der Waals surface area contributed by atoms with Gasteiger partial charge in [-0.05, 0) is 31.0 Å². The standard InChI is InChI=1S/C20H27N3O3S/c1-4-16(24)13-27-20-22-21-19(23(20)15-8-6-5-7-9-15)14-10-11-17(25-2)18(12-14)26-3/h10-12,15H,4-9,13H2,1-3H3. The number of ether oxygens (including phenoxy) is 2. The molecule has 1 aliphatic rings. The monoisotopic (exact) mass is 389 g/mol. The molecular formula is C20H27N3O3S. The van der Waals surface area contributed by atoms with Gasteiger partial charge in [0, 0.05) is 18.0 Å². The lowest BCUT2D eigenvalue weighted by Crippen LogP contribution is -2.15. The first-order chi connectivity index (χ1) is 13.2. The maximum atomic E-state index is 11.8. The second kappa shape index (κ2) is 9.26. The Morgan fingerprint density at radius 3 is 2.56 bits per heavy atom. The normalized spacial score (nSPS) is 14.9. The third kappa shape index (κ3) is 4.46. The van der Waals surface area contributed by atoms with E-state index in [0.717, 1.165) is 29.4 Å². The van der Waals surface area contributed by atoms with Gasteiger partial charge in [0.2, 0.25) is 0 Å². The first-order valence-electron chi connectivity index (χ1n) is 9.49. The van der Waals surface area contributed by atoms with E-state index in [4.69, 9.17) is 9.47 Å². The summed E-state index contributed by atoms with van der Waals surface area (Å²) in [6.07, 6.45) is 6.49. The Kier molecular flexibility index (Phi) is 6.77. The molecule has 0 aliphatic heterocycles. The molecule has 3 rings (SSSR count). The first-order valence-corrected chi connectivity index (χ1v) is 10.5. The molecule has 146 valence electrons. The van der Waals surface area contributed by atoms with E-state index in [2.05, 4.69) is 14.8 Å². The number of benzene rings is 1. The topological polar surface area (TPSA) is 66.2 Å². The van der Waals surface area contributed by atoms with E-state index in [1.807, 2.05) is 25.1 Å². The summed E-state index contributed by atoms with van der Waals surface area (Å²) < 4.78 is 13.0. The average Bonchev–Trinajstić information content (AvgIpc) is 3.15. The molecule has 2 aromatic rings. The third-order valence-electron chi connectivity index (χ3n) is 5.00. The summed E-state index contributed by atoms with van der Waals surface area (Å²) in [4.78, 5) is 11.8. The van der Waals surface area contributed by atoms with Crippen molar-refractivity contribution >= 4 is 17.5 Å². The quantitative estimate of drug-likeness (QED) is 0.618. The van der Waals surface area contributed by atoms with Gasteiger partial charge >= 0.3 is 0 Å². The Bertz CT molecular complexity index is 785. The van der Waals surface area contributed by atoms with Crippen LogP contribution in [0.15, 0.2) is 23.4 Å². The van der Waals surface area contributed by atoms with E-state index in [1.165, 1.54) is 31.0 Å². The number of ketones is 1. The number of hydrogen-bond donors (Lipinski definition) is 0. The van der Waals surface area contributed by atoms with Crippen molar-refractivity contribution in [1.82, 2.24) is 14.8 Å². The summed E-state index contributed by atoms with van der Waals surface area (Å²) in [6.45, 7) is 1.89. The van der Waals surface area contributed by atoms with E-state index in [-0.39, 0.29) is 5.78 Å². The Labute approximate surface area is 164 Å². The number of hydrogen-bond acceptors (Lipinski definition) is 6. The first kappa shape index (κ1) is 19.7. The van der Waals surface area contributed by atoms with Crippen molar-refractivity contribution in [1.29, 1.82) is 0 Å². The summed E-state index contributed by atoms with van der Waals surface area (Å²) in [5, 5.41) is 9.73. The van der Waals surface area contributed by atoms with Crippen molar-refractivity contribution in [3.63, 3.8) is 0 Å². The number of aromatic nitrogens is 3. The number of methoxy groups -OCH3 is 2. The highest BCUT2D eigenvalue weighted by Crippen LogP contribution is 2.38. The SMILES string of the molecule is CCC(=O)CSc1nnc(-c2ccc(OC)c(OC)c2)n1C1CCCCC1. The Morgan fingerprint density at radius 1 is 1.15 bits per heavy atom. The van der Waals surface area contributed by atoms with E-state index >= 15 is 0 Å². The highest BCUT2D eigenvalue weighted by atomic mass is 32.2. The molecule has 27 heavy (non-hydrogen) atoms. The highest BCUT2D eigenvalue weighted by Gasteiger charge is 2.24. The van der Waals surface area contributed by atoms with Crippen molar-refractivity contribution in [3.05, 3.63) is 18.2 Å². The van der Waals surface area contributed by atoms with Crippen molar-refractivity contribution < 1.29 is 14.3 Å². The average molecular weight is 390 g/mol. The molecule has 0 N–H and O–H groups in total. The van der Waals surface area contributed by atoms with Gasteiger partial charge in [-0.2, -0.15) is 0 Å². The smallest absolute Gasteiger partial charge is 0.192 e. The molecular weight excluding hydrogens is 362 g/mol. The third-order valence-corrected chi connectivity index (χ3v) is 6.01. The van der Waals surface area contributed by atoms with Crippen molar-refractivity contribution in [2.75, 3.05) is 20.0 Å². The van der Waals surface area contributed by atoms with Gasteiger partial charge in [0.1, 0.15) is 5.78 Å². The van der Waals surface area contributed by atoms with Crippen LogP contribution in [0.3, 0.4) is 0 Å². The Hall–Kier alpha value is -2.02. The minimum Gasteiger partial charge on any atom is -0.493 e. The fraction of sp³-hybridized carbons (Fsp3) is 0.550. The number of thioether (sulfide) groups is 1. The molecule has 0 saturated heterocycles. The molecule has 1 aromatic heterocycles. The van der Waals surface area contributed by atoms with Gasteiger partial charge in [0.25, 0.3) is 0 Å². The molecule has 1 saturated carbocycles.